The molecular weight excluding hydrogens is 390 g/mol. The van der Waals surface area contributed by atoms with Gasteiger partial charge >= 0.3 is 6.61 Å². The smallest absolute Gasteiger partial charge is 0.345 e. The quantitative estimate of drug-likeness (QED) is 0.529. The van der Waals surface area contributed by atoms with E-state index < -0.39 is 6.61 Å². The van der Waals surface area contributed by atoms with Gasteiger partial charge < -0.3 is 10.1 Å². The fourth-order valence-corrected chi connectivity index (χ4v) is 3.96. The summed E-state index contributed by atoms with van der Waals surface area (Å²) in [7, 11) is 0. The molecule has 0 aliphatic heterocycles. The van der Waals surface area contributed by atoms with Gasteiger partial charge in [0.1, 0.15) is 0 Å². The van der Waals surface area contributed by atoms with E-state index >= 15 is 0 Å². The standard InChI is InChI=1S/C21H20F2N6O/c22-20(23)30-14-5-3-13(4-6-14)26-21-25-12-19-15(9-11-29(19)28-21)16-7-8-17-18(27-16)2-1-10-24-17/h1-2,7-14,20H,3-6H2,(H,26,28). The molecule has 1 aliphatic carbocycles. The highest BCUT2D eigenvalue weighted by Crippen LogP contribution is 2.27. The number of halogens is 2. The van der Waals surface area contributed by atoms with Gasteiger partial charge in [0.25, 0.3) is 0 Å². The molecule has 4 heterocycles. The Bertz CT molecular complexity index is 1170. The van der Waals surface area contributed by atoms with Gasteiger partial charge in [-0.15, -0.1) is 5.10 Å². The van der Waals surface area contributed by atoms with Crippen LogP contribution in [0.15, 0.2) is 48.9 Å². The Morgan fingerprint density at radius 2 is 1.90 bits per heavy atom. The molecule has 1 N–H and O–H groups in total. The monoisotopic (exact) mass is 410 g/mol. The molecule has 0 amide bonds. The molecule has 154 valence electrons. The minimum Gasteiger partial charge on any atom is -0.350 e. The zero-order valence-electron chi connectivity index (χ0n) is 16.1. The number of aromatic nitrogens is 5. The lowest BCUT2D eigenvalue weighted by molar-refractivity contribution is -0.169. The zero-order valence-corrected chi connectivity index (χ0v) is 16.1. The van der Waals surface area contributed by atoms with Gasteiger partial charge in [-0.05, 0) is 56.0 Å². The molecule has 1 aliphatic rings. The summed E-state index contributed by atoms with van der Waals surface area (Å²) < 4.78 is 31.1. The van der Waals surface area contributed by atoms with Crippen LogP contribution in [0.25, 0.3) is 27.8 Å². The molecule has 30 heavy (non-hydrogen) atoms. The summed E-state index contributed by atoms with van der Waals surface area (Å²) in [5.74, 6) is 0.513. The highest BCUT2D eigenvalue weighted by atomic mass is 19.3. The molecule has 1 saturated carbocycles. The summed E-state index contributed by atoms with van der Waals surface area (Å²) in [6.07, 6.45) is 7.70. The van der Waals surface area contributed by atoms with Crippen molar-refractivity contribution in [3.05, 3.63) is 48.9 Å². The van der Waals surface area contributed by atoms with E-state index in [-0.39, 0.29) is 12.1 Å². The summed E-state index contributed by atoms with van der Waals surface area (Å²) in [6, 6.07) is 9.80. The third-order valence-corrected chi connectivity index (χ3v) is 5.45. The van der Waals surface area contributed by atoms with Crippen LogP contribution in [0.5, 0.6) is 0 Å². The number of hydrogen-bond acceptors (Lipinski definition) is 6. The number of anilines is 1. The fraction of sp³-hybridized carbons (Fsp3) is 0.333. The molecule has 4 aromatic heterocycles. The van der Waals surface area contributed by atoms with Crippen LogP contribution in [0, 0.1) is 0 Å². The molecule has 7 nitrogen and oxygen atoms in total. The van der Waals surface area contributed by atoms with E-state index in [4.69, 9.17) is 4.98 Å². The second kappa shape index (κ2) is 7.91. The topological polar surface area (TPSA) is 77.2 Å². The third kappa shape index (κ3) is 3.80. The van der Waals surface area contributed by atoms with E-state index in [1.165, 1.54) is 0 Å². The van der Waals surface area contributed by atoms with Gasteiger partial charge in [-0.25, -0.2) is 14.5 Å². The molecule has 9 heteroatoms. The molecule has 0 radical (unpaired) electrons. The van der Waals surface area contributed by atoms with Crippen LogP contribution >= 0.6 is 0 Å². The molecule has 0 aromatic carbocycles. The summed E-state index contributed by atoms with van der Waals surface area (Å²) in [5, 5.41) is 7.86. The van der Waals surface area contributed by atoms with Crippen molar-refractivity contribution < 1.29 is 13.5 Å². The normalized spacial score (nSPS) is 19.6. The Balaban J connectivity index is 1.33. The van der Waals surface area contributed by atoms with E-state index in [1.807, 2.05) is 36.5 Å². The van der Waals surface area contributed by atoms with Gasteiger partial charge in [-0.2, -0.15) is 8.78 Å². The second-order valence-electron chi connectivity index (χ2n) is 7.39. The van der Waals surface area contributed by atoms with Gasteiger partial charge in [0, 0.05) is 24.0 Å². The van der Waals surface area contributed by atoms with Crippen molar-refractivity contribution in [3.63, 3.8) is 0 Å². The molecule has 0 spiro atoms. The van der Waals surface area contributed by atoms with Crippen LogP contribution in [-0.2, 0) is 4.74 Å². The minimum absolute atomic E-state index is 0.143. The van der Waals surface area contributed by atoms with E-state index in [0.29, 0.717) is 18.8 Å². The predicted molar refractivity (Wildman–Crippen MR) is 108 cm³/mol. The largest absolute Gasteiger partial charge is 0.350 e. The summed E-state index contributed by atoms with van der Waals surface area (Å²) >= 11 is 0. The molecule has 5 rings (SSSR count). The van der Waals surface area contributed by atoms with Crippen LogP contribution < -0.4 is 5.32 Å². The van der Waals surface area contributed by atoms with Gasteiger partial charge in [-0.1, -0.05) is 0 Å². The van der Waals surface area contributed by atoms with Crippen molar-refractivity contribution in [2.75, 3.05) is 5.32 Å². The van der Waals surface area contributed by atoms with Crippen molar-refractivity contribution in [2.45, 2.75) is 44.4 Å². The lowest BCUT2D eigenvalue weighted by Gasteiger charge is -2.28. The maximum absolute atomic E-state index is 12.3. The fourth-order valence-electron chi connectivity index (χ4n) is 3.96. The van der Waals surface area contributed by atoms with Gasteiger partial charge in [-0.3, -0.25) is 4.98 Å². The summed E-state index contributed by atoms with van der Waals surface area (Å²) in [5.41, 5.74) is 4.31. The second-order valence-corrected chi connectivity index (χ2v) is 7.39. The molecule has 1 fully saturated rings. The maximum Gasteiger partial charge on any atom is 0.345 e. The van der Waals surface area contributed by atoms with Crippen molar-refractivity contribution >= 4 is 22.5 Å². The van der Waals surface area contributed by atoms with Crippen LogP contribution in [0.4, 0.5) is 14.7 Å². The van der Waals surface area contributed by atoms with Crippen molar-refractivity contribution in [1.82, 2.24) is 24.6 Å². The minimum atomic E-state index is -2.71. The highest BCUT2D eigenvalue weighted by Gasteiger charge is 2.24. The Morgan fingerprint density at radius 3 is 2.73 bits per heavy atom. The lowest BCUT2D eigenvalue weighted by atomic mass is 9.93. The van der Waals surface area contributed by atoms with E-state index in [1.54, 1.807) is 16.9 Å². The molecule has 4 aromatic rings. The van der Waals surface area contributed by atoms with Crippen molar-refractivity contribution in [3.8, 4) is 11.3 Å². The Hall–Kier alpha value is -3.20. The number of hydrogen-bond donors (Lipinski definition) is 1. The maximum atomic E-state index is 12.3. The summed E-state index contributed by atoms with van der Waals surface area (Å²) in [4.78, 5) is 13.5. The van der Waals surface area contributed by atoms with Crippen LogP contribution in [-0.4, -0.2) is 43.3 Å². The summed E-state index contributed by atoms with van der Waals surface area (Å²) in [6.45, 7) is -2.71. The Morgan fingerprint density at radius 1 is 1.03 bits per heavy atom. The number of nitrogens with zero attached hydrogens (tertiary/aromatic N) is 5. The third-order valence-electron chi connectivity index (χ3n) is 5.45. The number of alkyl halides is 2. The van der Waals surface area contributed by atoms with Crippen LogP contribution in [0.1, 0.15) is 25.7 Å². The van der Waals surface area contributed by atoms with Gasteiger partial charge in [0.05, 0.1) is 34.5 Å². The first kappa shape index (κ1) is 18.8. The van der Waals surface area contributed by atoms with Crippen molar-refractivity contribution in [2.24, 2.45) is 0 Å². The lowest BCUT2D eigenvalue weighted by Crippen LogP contribution is -2.31. The average Bonchev–Trinajstić information content (AvgIpc) is 3.18. The number of fused-ring (bicyclic) bond motifs is 2. The van der Waals surface area contributed by atoms with Crippen LogP contribution in [0.3, 0.4) is 0 Å². The number of ether oxygens (including phenoxy) is 1. The SMILES string of the molecule is FC(F)OC1CCC(Nc2ncc3c(-c4ccc5ncccc5n4)ccn3n2)CC1. The number of rotatable bonds is 5. The van der Waals surface area contributed by atoms with E-state index in [9.17, 15) is 8.78 Å². The molecule has 0 atom stereocenters. The molecule has 0 saturated heterocycles. The molecule has 0 unspecified atom stereocenters. The van der Waals surface area contributed by atoms with Gasteiger partial charge in [0.2, 0.25) is 5.95 Å². The van der Waals surface area contributed by atoms with Crippen LogP contribution in [0.2, 0.25) is 0 Å². The van der Waals surface area contributed by atoms with E-state index in [0.717, 1.165) is 40.6 Å². The first-order valence-corrected chi connectivity index (χ1v) is 9.92. The average molecular weight is 410 g/mol. The van der Waals surface area contributed by atoms with Gasteiger partial charge in [0.15, 0.2) is 0 Å². The number of pyridine rings is 2. The molecule has 0 bridgehead atoms. The number of nitrogens with one attached hydrogen (secondary N) is 1. The zero-order chi connectivity index (χ0) is 20.5. The van der Waals surface area contributed by atoms with E-state index in [2.05, 4.69) is 25.1 Å². The Kier molecular flexibility index (Phi) is 4.96. The highest BCUT2D eigenvalue weighted by molar-refractivity contribution is 5.83. The first-order chi connectivity index (χ1) is 14.7. The van der Waals surface area contributed by atoms with Crippen molar-refractivity contribution in [1.29, 1.82) is 0 Å². The molecular formula is C21H20F2N6O. The first-order valence-electron chi connectivity index (χ1n) is 9.92. The predicted octanol–water partition coefficient (Wildman–Crippen LogP) is 4.30. The Labute approximate surface area is 171 Å².